The largest absolute Gasteiger partial charge is 0.348 e. The van der Waals surface area contributed by atoms with Crippen molar-refractivity contribution in [1.29, 1.82) is 0 Å². The van der Waals surface area contributed by atoms with Crippen LogP contribution in [0.1, 0.15) is 12.8 Å². The minimum absolute atomic E-state index is 0.180. The van der Waals surface area contributed by atoms with Gasteiger partial charge in [0.25, 0.3) is 0 Å². The second-order valence-corrected chi connectivity index (χ2v) is 3.98. The number of amides is 1. The Kier molecular flexibility index (Phi) is 3.06. The molecule has 1 amide bonds. The molecule has 4 heteroatoms. The van der Waals surface area contributed by atoms with Crippen LogP contribution in [-0.4, -0.2) is 31.0 Å². The second kappa shape index (κ2) is 4.49. The Labute approximate surface area is 89.7 Å². The van der Waals surface area contributed by atoms with E-state index in [1.807, 2.05) is 25.4 Å². The number of nitrogens with one attached hydrogen (secondary N) is 2. The minimum Gasteiger partial charge on any atom is -0.348 e. The van der Waals surface area contributed by atoms with Crippen molar-refractivity contribution in [1.82, 2.24) is 10.3 Å². The average molecular weight is 207 g/mol. The van der Waals surface area contributed by atoms with Gasteiger partial charge < -0.3 is 15.2 Å². The van der Waals surface area contributed by atoms with E-state index in [1.165, 1.54) is 0 Å². The third-order valence-corrected chi connectivity index (χ3v) is 2.96. The highest BCUT2D eigenvalue weighted by molar-refractivity contribution is 5.93. The van der Waals surface area contributed by atoms with Crippen molar-refractivity contribution < 1.29 is 4.79 Å². The molecule has 15 heavy (non-hydrogen) atoms. The molecule has 1 aliphatic heterocycles. The molecule has 82 valence electrons. The fourth-order valence-electron chi connectivity index (χ4n) is 1.99. The molecule has 1 aromatic rings. The van der Waals surface area contributed by atoms with Gasteiger partial charge in [-0.1, -0.05) is 0 Å². The number of hydrogen-bond donors (Lipinski definition) is 2. The SMILES string of the molecule is CN(C(=O)C1CCNCC1)c1ccc[nH]1. The van der Waals surface area contributed by atoms with Crippen molar-refractivity contribution in [3.8, 4) is 0 Å². The van der Waals surface area contributed by atoms with E-state index in [-0.39, 0.29) is 11.8 Å². The van der Waals surface area contributed by atoms with Crippen LogP contribution in [0.15, 0.2) is 18.3 Å². The van der Waals surface area contributed by atoms with Gasteiger partial charge in [-0.25, -0.2) is 0 Å². The first-order valence-electron chi connectivity index (χ1n) is 5.40. The molecule has 2 N–H and O–H groups in total. The Morgan fingerprint density at radius 1 is 1.47 bits per heavy atom. The van der Waals surface area contributed by atoms with Crippen molar-refractivity contribution in [2.45, 2.75) is 12.8 Å². The lowest BCUT2D eigenvalue weighted by molar-refractivity contribution is -0.122. The van der Waals surface area contributed by atoms with E-state index in [9.17, 15) is 4.79 Å². The first kappa shape index (κ1) is 10.2. The molecule has 0 radical (unpaired) electrons. The zero-order valence-corrected chi connectivity index (χ0v) is 8.99. The van der Waals surface area contributed by atoms with Crippen LogP contribution in [0.2, 0.25) is 0 Å². The van der Waals surface area contributed by atoms with Gasteiger partial charge in [-0.05, 0) is 38.1 Å². The van der Waals surface area contributed by atoms with Gasteiger partial charge in [0.15, 0.2) is 0 Å². The number of rotatable bonds is 2. The van der Waals surface area contributed by atoms with E-state index in [1.54, 1.807) is 4.90 Å². The van der Waals surface area contributed by atoms with Crippen LogP contribution >= 0.6 is 0 Å². The molecule has 1 aliphatic rings. The summed E-state index contributed by atoms with van der Waals surface area (Å²) in [7, 11) is 1.83. The van der Waals surface area contributed by atoms with Crippen molar-refractivity contribution in [2.75, 3.05) is 25.0 Å². The molecule has 0 aliphatic carbocycles. The number of aromatic amines is 1. The molecule has 0 bridgehead atoms. The summed E-state index contributed by atoms with van der Waals surface area (Å²) in [6.45, 7) is 1.91. The summed E-state index contributed by atoms with van der Waals surface area (Å²) in [6.07, 6.45) is 3.73. The summed E-state index contributed by atoms with van der Waals surface area (Å²) in [6, 6.07) is 3.82. The average Bonchev–Trinajstić information content (AvgIpc) is 2.82. The number of H-pyrrole nitrogens is 1. The molecule has 0 atom stereocenters. The van der Waals surface area contributed by atoms with Crippen LogP contribution in [-0.2, 0) is 4.79 Å². The van der Waals surface area contributed by atoms with E-state index >= 15 is 0 Å². The molecule has 2 rings (SSSR count). The number of hydrogen-bond acceptors (Lipinski definition) is 2. The van der Waals surface area contributed by atoms with Crippen molar-refractivity contribution in [3.63, 3.8) is 0 Å². The lowest BCUT2D eigenvalue weighted by Gasteiger charge is -2.26. The van der Waals surface area contributed by atoms with Crippen LogP contribution in [0.5, 0.6) is 0 Å². The normalized spacial score (nSPS) is 17.7. The van der Waals surface area contributed by atoms with Gasteiger partial charge in [0, 0.05) is 19.2 Å². The quantitative estimate of drug-likeness (QED) is 0.759. The molecular weight excluding hydrogens is 190 g/mol. The Balaban J connectivity index is 2.00. The molecule has 0 aromatic carbocycles. The smallest absolute Gasteiger partial charge is 0.231 e. The fourth-order valence-corrected chi connectivity index (χ4v) is 1.99. The molecule has 1 saturated heterocycles. The van der Waals surface area contributed by atoms with Gasteiger partial charge in [0.2, 0.25) is 5.91 Å². The summed E-state index contributed by atoms with van der Waals surface area (Å²) in [5, 5.41) is 3.26. The molecule has 0 saturated carbocycles. The standard InChI is InChI=1S/C11H17N3O/c1-14(10-3-2-6-13-10)11(15)9-4-7-12-8-5-9/h2-3,6,9,12-13H,4-5,7-8H2,1H3. The van der Waals surface area contributed by atoms with Crippen LogP contribution in [0, 0.1) is 5.92 Å². The zero-order valence-electron chi connectivity index (χ0n) is 8.99. The van der Waals surface area contributed by atoms with Crippen LogP contribution in [0.25, 0.3) is 0 Å². The maximum atomic E-state index is 12.1. The molecule has 2 heterocycles. The summed E-state index contributed by atoms with van der Waals surface area (Å²) in [5.41, 5.74) is 0. The highest BCUT2D eigenvalue weighted by Gasteiger charge is 2.24. The van der Waals surface area contributed by atoms with Crippen LogP contribution in [0.4, 0.5) is 5.82 Å². The third-order valence-electron chi connectivity index (χ3n) is 2.96. The lowest BCUT2D eigenvalue weighted by atomic mass is 9.97. The van der Waals surface area contributed by atoms with E-state index in [0.717, 1.165) is 31.7 Å². The van der Waals surface area contributed by atoms with E-state index in [0.29, 0.717) is 0 Å². The number of carbonyl (C=O) groups is 1. The molecule has 0 unspecified atom stereocenters. The number of piperidine rings is 1. The Morgan fingerprint density at radius 3 is 2.80 bits per heavy atom. The topological polar surface area (TPSA) is 48.1 Å². The van der Waals surface area contributed by atoms with Gasteiger partial charge >= 0.3 is 0 Å². The summed E-state index contributed by atoms with van der Waals surface area (Å²) >= 11 is 0. The summed E-state index contributed by atoms with van der Waals surface area (Å²) in [4.78, 5) is 16.8. The van der Waals surface area contributed by atoms with E-state index in [4.69, 9.17) is 0 Å². The maximum absolute atomic E-state index is 12.1. The first-order valence-corrected chi connectivity index (χ1v) is 5.40. The summed E-state index contributed by atoms with van der Waals surface area (Å²) < 4.78 is 0. The van der Waals surface area contributed by atoms with Gasteiger partial charge in [-0.15, -0.1) is 0 Å². The minimum atomic E-state index is 0.180. The zero-order chi connectivity index (χ0) is 10.7. The van der Waals surface area contributed by atoms with Gasteiger partial charge in [0.05, 0.1) is 0 Å². The number of aromatic nitrogens is 1. The van der Waals surface area contributed by atoms with Crippen LogP contribution < -0.4 is 10.2 Å². The molecule has 4 nitrogen and oxygen atoms in total. The molecule has 0 spiro atoms. The fraction of sp³-hybridized carbons (Fsp3) is 0.545. The maximum Gasteiger partial charge on any atom is 0.231 e. The monoisotopic (exact) mass is 207 g/mol. The lowest BCUT2D eigenvalue weighted by Crippen LogP contribution is -2.39. The molecule has 1 aromatic heterocycles. The molecule has 1 fully saturated rings. The molecular formula is C11H17N3O. The van der Waals surface area contributed by atoms with Gasteiger partial charge in [-0.2, -0.15) is 0 Å². The number of nitrogens with zero attached hydrogens (tertiary/aromatic N) is 1. The Morgan fingerprint density at radius 2 is 2.20 bits per heavy atom. The van der Waals surface area contributed by atoms with Gasteiger partial charge in [0.1, 0.15) is 5.82 Å². The van der Waals surface area contributed by atoms with Crippen molar-refractivity contribution in [3.05, 3.63) is 18.3 Å². The highest BCUT2D eigenvalue weighted by Crippen LogP contribution is 2.18. The van der Waals surface area contributed by atoms with E-state index in [2.05, 4.69) is 10.3 Å². The van der Waals surface area contributed by atoms with Crippen molar-refractivity contribution in [2.24, 2.45) is 5.92 Å². The predicted octanol–water partition coefficient (Wildman–Crippen LogP) is 0.977. The second-order valence-electron chi connectivity index (χ2n) is 3.98. The Hall–Kier alpha value is -1.29. The van der Waals surface area contributed by atoms with Crippen LogP contribution in [0.3, 0.4) is 0 Å². The summed E-state index contributed by atoms with van der Waals surface area (Å²) in [5.74, 6) is 1.28. The third kappa shape index (κ3) is 2.21. The van der Waals surface area contributed by atoms with Gasteiger partial charge in [-0.3, -0.25) is 4.79 Å². The number of carbonyl (C=O) groups excluding carboxylic acids is 1. The highest BCUT2D eigenvalue weighted by atomic mass is 16.2. The predicted molar refractivity (Wildman–Crippen MR) is 59.8 cm³/mol. The van der Waals surface area contributed by atoms with Crippen molar-refractivity contribution >= 4 is 11.7 Å². The Bertz CT molecular complexity index is 315. The van der Waals surface area contributed by atoms with E-state index < -0.39 is 0 Å². The first-order chi connectivity index (χ1) is 7.29. The number of anilines is 1.